The molecule has 0 saturated carbocycles. The van der Waals surface area contributed by atoms with Crippen molar-refractivity contribution >= 4 is 33.9 Å². The molecule has 0 aromatic heterocycles. The van der Waals surface area contributed by atoms with Gasteiger partial charge < -0.3 is 4.74 Å². The number of ether oxygens (including phenoxy) is 1. The number of hydrogen-bond donors (Lipinski definition) is 0. The molecule has 2 aromatic carbocycles. The Morgan fingerprint density at radius 1 is 1.14 bits per heavy atom. The lowest BCUT2D eigenvalue weighted by Gasteiger charge is -2.01. The van der Waals surface area contributed by atoms with Crippen molar-refractivity contribution in [1.29, 1.82) is 0 Å². The van der Waals surface area contributed by atoms with Gasteiger partial charge in [-0.2, -0.15) is 0 Å². The highest BCUT2D eigenvalue weighted by molar-refractivity contribution is 9.10. The Kier molecular flexibility index (Phi) is 3.85. The molecule has 0 bridgehead atoms. The van der Waals surface area contributed by atoms with E-state index in [9.17, 15) is 13.6 Å². The average molecular weight is 364 g/mol. The van der Waals surface area contributed by atoms with Gasteiger partial charge in [0, 0.05) is 16.1 Å². The van der Waals surface area contributed by atoms with Crippen LogP contribution in [0.1, 0.15) is 11.1 Å². The van der Waals surface area contributed by atoms with Gasteiger partial charge in [-0.15, -0.1) is 0 Å². The zero-order valence-corrected chi connectivity index (χ0v) is 12.6. The maximum Gasteiger partial charge on any atom is 0.363 e. The lowest BCUT2D eigenvalue weighted by molar-refractivity contribution is -0.129. The maximum absolute atomic E-state index is 13.6. The van der Waals surface area contributed by atoms with Crippen molar-refractivity contribution in [3.8, 4) is 0 Å². The summed E-state index contributed by atoms with van der Waals surface area (Å²) in [5, 5.41) is 0. The Morgan fingerprint density at radius 2 is 1.91 bits per heavy atom. The molecule has 2 aromatic rings. The van der Waals surface area contributed by atoms with E-state index in [2.05, 4.69) is 20.9 Å². The molecule has 6 heteroatoms. The third kappa shape index (κ3) is 2.82. The fraction of sp³-hybridized carbons (Fsp3) is 0. The molecule has 0 radical (unpaired) electrons. The van der Waals surface area contributed by atoms with E-state index in [0.717, 1.165) is 16.6 Å². The lowest BCUT2D eigenvalue weighted by atomic mass is 10.2. The van der Waals surface area contributed by atoms with Crippen molar-refractivity contribution in [3.05, 3.63) is 75.4 Å². The summed E-state index contributed by atoms with van der Waals surface area (Å²) in [6.45, 7) is 0. The number of rotatable bonds is 2. The number of hydrogen-bond acceptors (Lipinski definition) is 3. The monoisotopic (exact) mass is 363 g/mol. The Labute approximate surface area is 133 Å². The van der Waals surface area contributed by atoms with Crippen molar-refractivity contribution in [2.45, 2.75) is 0 Å². The number of carbonyl (C=O) groups excluding carboxylic acids is 1. The van der Waals surface area contributed by atoms with Gasteiger partial charge in [-0.1, -0.05) is 12.1 Å². The molecular formula is C16H8BrF2NO2. The average Bonchev–Trinajstić information content (AvgIpc) is 2.83. The van der Waals surface area contributed by atoms with Crippen molar-refractivity contribution in [1.82, 2.24) is 0 Å². The van der Waals surface area contributed by atoms with Gasteiger partial charge in [0.05, 0.1) is 5.56 Å². The van der Waals surface area contributed by atoms with Gasteiger partial charge in [0.1, 0.15) is 11.6 Å². The van der Waals surface area contributed by atoms with Gasteiger partial charge >= 0.3 is 5.97 Å². The van der Waals surface area contributed by atoms with E-state index in [-0.39, 0.29) is 17.2 Å². The summed E-state index contributed by atoms with van der Waals surface area (Å²) < 4.78 is 32.3. The first-order valence-electron chi connectivity index (χ1n) is 6.27. The summed E-state index contributed by atoms with van der Waals surface area (Å²) in [5.74, 6) is -2.02. The highest BCUT2D eigenvalue weighted by Crippen LogP contribution is 2.24. The predicted octanol–water partition coefficient (Wildman–Crippen LogP) is 4.07. The molecule has 0 aliphatic carbocycles. The van der Waals surface area contributed by atoms with Crippen LogP contribution in [0.5, 0.6) is 0 Å². The second-order valence-corrected chi connectivity index (χ2v) is 5.34. The Bertz CT molecular complexity index is 831. The third-order valence-corrected chi connectivity index (χ3v) is 3.67. The first-order chi connectivity index (χ1) is 10.5. The van der Waals surface area contributed by atoms with E-state index < -0.39 is 17.6 Å². The van der Waals surface area contributed by atoms with Crippen LogP contribution in [0, 0.1) is 11.6 Å². The molecule has 0 fully saturated rings. The summed E-state index contributed by atoms with van der Waals surface area (Å²) in [6.07, 6.45) is 1.22. The SMILES string of the molecule is O=C1OC(c2ccccc2Br)=N/C1=C\c1ccc(F)cc1F. The quantitative estimate of drug-likeness (QED) is 0.595. The number of cyclic esters (lactones) is 1. The second kappa shape index (κ2) is 5.81. The summed E-state index contributed by atoms with van der Waals surface area (Å²) in [4.78, 5) is 15.9. The van der Waals surface area contributed by atoms with Crippen LogP contribution < -0.4 is 0 Å². The van der Waals surface area contributed by atoms with Crippen LogP contribution in [0.15, 0.2) is 57.6 Å². The fourth-order valence-corrected chi connectivity index (χ4v) is 2.38. The van der Waals surface area contributed by atoms with Gasteiger partial charge in [0.25, 0.3) is 0 Å². The van der Waals surface area contributed by atoms with Gasteiger partial charge in [0.2, 0.25) is 5.90 Å². The minimum atomic E-state index is -0.773. The highest BCUT2D eigenvalue weighted by Gasteiger charge is 2.25. The van der Waals surface area contributed by atoms with Crippen LogP contribution in [-0.4, -0.2) is 11.9 Å². The molecular weight excluding hydrogens is 356 g/mol. The van der Waals surface area contributed by atoms with E-state index in [1.165, 1.54) is 12.1 Å². The smallest absolute Gasteiger partial charge is 0.363 e. The van der Waals surface area contributed by atoms with Crippen molar-refractivity contribution < 1.29 is 18.3 Å². The summed E-state index contributed by atoms with van der Waals surface area (Å²) in [6, 6.07) is 10.2. The van der Waals surface area contributed by atoms with Crippen LogP contribution >= 0.6 is 15.9 Å². The zero-order valence-electron chi connectivity index (χ0n) is 11.0. The topological polar surface area (TPSA) is 38.7 Å². The standard InChI is InChI=1S/C16H8BrF2NO2/c17-12-4-2-1-3-11(12)15-20-14(16(21)22-15)7-9-5-6-10(18)8-13(9)19/h1-8H/b14-7-. The second-order valence-electron chi connectivity index (χ2n) is 4.48. The zero-order chi connectivity index (χ0) is 15.7. The first kappa shape index (κ1) is 14.6. The van der Waals surface area contributed by atoms with E-state index in [4.69, 9.17) is 4.74 Å². The van der Waals surface area contributed by atoms with Gasteiger partial charge in [-0.3, -0.25) is 0 Å². The number of benzene rings is 2. The molecule has 0 saturated heterocycles. The number of carbonyl (C=O) groups is 1. The largest absolute Gasteiger partial charge is 0.402 e. The molecule has 1 aliphatic heterocycles. The van der Waals surface area contributed by atoms with Gasteiger partial charge in [-0.25, -0.2) is 18.6 Å². The summed E-state index contributed by atoms with van der Waals surface area (Å²) in [5.41, 5.74) is 0.626. The van der Waals surface area contributed by atoms with Crippen LogP contribution in [0.25, 0.3) is 6.08 Å². The predicted molar refractivity (Wildman–Crippen MR) is 81.1 cm³/mol. The molecule has 0 amide bonds. The molecule has 0 unspecified atom stereocenters. The van der Waals surface area contributed by atoms with Crippen LogP contribution in [0.3, 0.4) is 0 Å². The van der Waals surface area contributed by atoms with E-state index in [1.54, 1.807) is 18.2 Å². The number of aliphatic imine (C=N–C) groups is 1. The third-order valence-electron chi connectivity index (χ3n) is 2.98. The van der Waals surface area contributed by atoms with Crippen LogP contribution in [0.4, 0.5) is 8.78 Å². The molecule has 22 heavy (non-hydrogen) atoms. The number of esters is 1. The minimum Gasteiger partial charge on any atom is -0.402 e. The van der Waals surface area contributed by atoms with Crippen LogP contribution in [0.2, 0.25) is 0 Å². The molecule has 0 N–H and O–H groups in total. The van der Waals surface area contributed by atoms with Crippen molar-refractivity contribution in [2.24, 2.45) is 4.99 Å². The fourth-order valence-electron chi connectivity index (χ4n) is 1.92. The Morgan fingerprint density at radius 3 is 2.64 bits per heavy atom. The molecule has 110 valence electrons. The maximum atomic E-state index is 13.6. The number of halogens is 3. The highest BCUT2D eigenvalue weighted by atomic mass is 79.9. The molecule has 3 rings (SSSR count). The Hall–Kier alpha value is -2.34. The summed E-state index contributed by atoms with van der Waals surface area (Å²) >= 11 is 3.34. The number of nitrogens with zero attached hydrogens (tertiary/aromatic N) is 1. The molecule has 1 heterocycles. The minimum absolute atomic E-state index is 0.0451. The normalized spacial score (nSPS) is 15.9. The van der Waals surface area contributed by atoms with Crippen LogP contribution in [-0.2, 0) is 9.53 Å². The molecule has 3 nitrogen and oxygen atoms in total. The van der Waals surface area contributed by atoms with Crippen molar-refractivity contribution in [3.63, 3.8) is 0 Å². The molecule has 0 atom stereocenters. The van der Waals surface area contributed by atoms with Gasteiger partial charge in [-0.05, 0) is 46.3 Å². The first-order valence-corrected chi connectivity index (χ1v) is 7.06. The van der Waals surface area contributed by atoms with Gasteiger partial charge in [0.15, 0.2) is 5.70 Å². The van der Waals surface area contributed by atoms with E-state index >= 15 is 0 Å². The molecule has 0 spiro atoms. The van der Waals surface area contributed by atoms with E-state index in [0.29, 0.717) is 5.56 Å². The van der Waals surface area contributed by atoms with E-state index in [1.807, 2.05) is 6.07 Å². The Balaban J connectivity index is 2.00. The summed E-state index contributed by atoms with van der Waals surface area (Å²) in [7, 11) is 0. The lowest BCUT2D eigenvalue weighted by Crippen LogP contribution is -2.05. The molecule has 1 aliphatic rings. The van der Waals surface area contributed by atoms with Crippen molar-refractivity contribution in [2.75, 3.05) is 0 Å².